The number of aliphatic carboxylic acids is 1. The van der Waals surface area contributed by atoms with Crippen molar-refractivity contribution in [1.29, 1.82) is 0 Å². The first kappa shape index (κ1) is 21.8. The van der Waals surface area contributed by atoms with Gasteiger partial charge in [0.15, 0.2) is 0 Å². The SMILES string of the molecule is CCN(CC)c1ccc2c(CCC(=O)O)c3ccc(=[N+](C)C)cc-3oc2c1.[Cl-]. The number of carbonyl (C=O) groups is 1. The Labute approximate surface area is 171 Å². The lowest BCUT2D eigenvalue weighted by Gasteiger charge is -2.22. The predicted octanol–water partition coefficient (Wildman–Crippen LogP) is 0.437. The van der Waals surface area contributed by atoms with Crippen LogP contribution in [0.1, 0.15) is 25.8 Å². The molecule has 1 aliphatic carbocycles. The Balaban J connectivity index is 0.00000280. The summed E-state index contributed by atoms with van der Waals surface area (Å²) in [6, 6.07) is 12.3. The molecule has 6 heteroatoms. The van der Waals surface area contributed by atoms with Crippen LogP contribution >= 0.6 is 0 Å². The van der Waals surface area contributed by atoms with Crippen molar-refractivity contribution in [3.8, 4) is 11.3 Å². The third-order valence-electron chi connectivity index (χ3n) is 5.03. The Morgan fingerprint density at radius 1 is 1.11 bits per heavy atom. The number of hydrogen-bond acceptors (Lipinski definition) is 3. The van der Waals surface area contributed by atoms with Gasteiger partial charge in [0.05, 0.1) is 6.07 Å². The van der Waals surface area contributed by atoms with Crippen molar-refractivity contribution in [3.05, 3.63) is 47.3 Å². The molecule has 1 N–H and O–H groups in total. The fourth-order valence-corrected chi connectivity index (χ4v) is 3.52. The Morgan fingerprint density at radius 2 is 1.82 bits per heavy atom. The van der Waals surface area contributed by atoms with E-state index in [0.717, 1.165) is 52.0 Å². The van der Waals surface area contributed by atoms with Crippen molar-refractivity contribution >= 4 is 22.6 Å². The third kappa shape index (κ3) is 4.30. The smallest absolute Gasteiger partial charge is 0.303 e. The van der Waals surface area contributed by atoms with E-state index in [1.807, 2.05) is 36.9 Å². The van der Waals surface area contributed by atoms with Crippen LogP contribution in [0.5, 0.6) is 0 Å². The van der Waals surface area contributed by atoms with Gasteiger partial charge in [-0.05, 0) is 44.0 Å². The normalized spacial score (nSPS) is 10.7. The molecule has 1 heterocycles. The highest BCUT2D eigenvalue weighted by Crippen LogP contribution is 2.35. The molecule has 1 aromatic carbocycles. The van der Waals surface area contributed by atoms with Gasteiger partial charge < -0.3 is 26.8 Å². The summed E-state index contributed by atoms with van der Waals surface area (Å²) in [5.41, 5.74) is 3.92. The molecular weight excluding hydrogens is 376 g/mol. The summed E-state index contributed by atoms with van der Waals surface area (Å²) in [4.78, 5) is 13.4. The summed E-state index contributed by atoms with van der Waals surface area (Å²) in [5, 5.41) is 11.2. The zero-order valence-corrected chi connectivity index (χ0v) is 17.6. The maximum Gasteiger partial charge on any atom is 0.303 e. The molecule has 3 rings (SSSR count). The summed E-state index contributed by atoms with van der Waals surface area (Å²) in [6.45, 7) is 6.11. The van der Waals surface area contributed by atoms with Gasteiger partial charge in [-0.1, -0.05) is 0 Å². The van der Waals surface area contributed by atoms with Crippen LogP contribution in [0.2, 0.25) is 0 Å². The monoisotopic (exact) mass is 402 g/mol. The molecule has 1 aliphatic heterocycles. The van der Waals surface area contributed by atoms with Crippen molar-refractivity contribution in [1.82, 2.24) is 4.58 Å². The Bertz CT molecular complexity index is 1020. The van der Waals surface area contributed by atoms with Gasteiger partial charge >= 0.3 is 5.97 Å². The molecule has 0 bridgehead atoms. The fourth-order valence-electron chi connectivity index (χ4n) is 3.52. The largest absolute Gasteiger partial charge is 1.00 e. The second-order valence-electron chi connectivity index (χ2n) is 6.90. The van der Waals surface area contributed by atoms with Gasteiger partial charge in [0.1, 0.15) is 25.4 Å². The summed E-state index contributed by atoms with van der Waals surface area (Å²) < 4.78 is 8.29. The highest BCUT2D eigenvalue weighted by Gasteiger charge is 2.18. The van der Waals surface area contributed by atoms with Crippen molar-refractivity contribution in [2.24, 2.45) is 0 Å². The lowest BCUT2D eigenvalue weighted by molar-refractivity contribution is -0.136. The summed E-state index contributed by atoms with van der Waals surface area (Å²) in [5.74, 6) is -0.00690. The number of benzene rings is 2. The summed E-state index contributed by atoms with van der Waals surface area (Å²) in [7, 11) is 3.98. The summed E-state index contributed by atoms with van der Waals surface area (Å²) >= 11 is 0. The molecule has 0 saturated heterocycles. The van der Waals surface area contributed by atoms with Gasteiger partial charge in [0, 0.05) is 48.3 Å². The Kier molecular flexibility index (Phi) is 7.08. The van der Waals surface area contributed by atoms with Crippen LogP contribution in [0.25, 0.3) is 22.3 Å². The van der Waals surface area contributed by atoms with E-state index in [2.05, 4.69) is 36.9 Å². The first-order chi connectivity index (χ1) is 12.9. The van der Waals surface area contributed by atoms with Crippen LogP contribution in [0.15, 0.2) is 40.8 Å². The predicted molar refractivity (Wildman–Crippen MR) is 109 cm³/mol. The van der Waals surface area contributed by atoms with Crippen molar-refractivity contribution < 1.29 is 26.7 Å². The number of carboxylic acid groups (broad SMARTS) is 1. The molecule has 0 radical (unpaired) electrons. The van der Waals surface area contributed by atoms with E-state index in [9.17, 15) is 9.90 Å². The molecule has 28 heavy (non-hydrogen) atoms. The van der Waals surface area contributed by atoms with Crippen LogP contribution in [-0.2, 0) is 11.2 Å². The van der Waals surface area contributed by atoms with Crippen LogP contribution in [0.4, 0.5) is 5.69 Å². The topological polar surface area (TPSA) is 56.7 Å². The molecule has 0 aromatic heterocycles. The van der Waals surface area contributed by atoms with Gasteiger partial charge in [-0.3, -0.25) is 4.79 Å². The van der Waals surface area contributed by atoms with Gasteiger partial charge in [0.25, 0.3) is 0 Å². The zero-order valence-electron chi connectivity index (χ0n) is 16.8. The highest BCUT2D eigenvalue weighted by atomic mass is 35.5. The zero-order chi connectivity index (χ0) is 19.6. The molecule has 0 atom stereocenters. The molecule has 5 nitrogen and oxygen atoms in total. The number of rotatable bonds is 6. The third-order valence-corrected chi connectivity index (χ3v) is 5.03. The number of aryl methyl sites for hydroxylation is 1. The average Bonchev–Trinajstić information content (AvgIpc) is 2.65. The molecule has 0 spiro atoms. The van der Waals surface area contributed by atoms with E-state index in [1.165, 1.54) is 0 Å². The van der Waals surface area contributed by atoms with Gasteiger partial charge in [-0.15, -0.1) is 0 Å². The van der Waals surface area contributed by atoms with Crippen LogP contribution < -0.4 is 27.2 Å². The summed E-state index contributed by atoms with van der Waals surface area (Å²) in [6.07, 6.45) is 0.575. The second-order valence-corrected chi connectivity index (χ2v) is 6.90. The van der Waals surface area contributed by atoms with Crippen molar-refractivity contribution in [2.45, 2.75) is 26.7 Å². The van der Waals surface area contributed by atoms with E-state index in [4.69, 9.17) is 4.42 Å². The van der Waals surface area contributed by atoms with Gasteiger partial charge in [0.2, 0.25) is 5.36 Å². The van der Waals surface area contributed by atoms with Crippen molar-refractivity contribution in [2.75, 3.05) is 32.1 Å². The molecule has 0 fully saturated rings. The number of halogens is 1. The second kappa shape index (κ2) is 9.11. The van der Waals surface area contributed by atoms with E-state index >= 15 is 0 Å². The van der Waals surface area contributed by atoms with Gasteiger partial charge in [-0.2, -0.15) is 0 Å². The maximum absolute atomic E-state index is 11.2. The minimum Gasteiger partial charge on any atom is -1.00 e. The van der Waals surface area contributed by atoms with Crippen LogP contribution in [0, 0.1) is 0 Å². The fraction of sp³-hybridized carbons (Fsp3) is 0.364. The number of carboxylic acids is 1. The lowest BCUT2D eigenvalue weighted by Crippen LogP contribution is -3.00. The van der Waals surface area contributed by atoms with E-state index in [1.54, 1.807) is 0 Å². The van der Waals surface area contributed by atoms with Gasteiger partial charge in [-0.25, -0.2) is 4.58 Å². The quantitative estimate of drug-likeness (QED) is 0.480. The molecule has 0 unspecified atom stereocenters. The molecule has 1 aromatic rings. The maximum atomic E-state index is 11.2. The average molecular weight is 403 g/mol. The van der Waals surface area contributed by atoms with Crippen LogP contribution in [-0.4, -0.2) is 38.3 Å². The number of hydrogen-bond donors (Lipinski definition) is 1. The standard InChI is InChI=1S/C22H26N2O3.ClH/c1-5-24(6-2)16-8-10-19-17(11-12-22(25)26)18-9-7-15(23(3)4)13-20(18)27-21(19)14-16;/h7-10,13-14H,5-6,11-12H2,1-4H3;1H. The Hall–Kier alpha value is -2.53. The lowest BCUT2D eigenvalue weighted by atomic mass is 9.95. The number of fused-ring (bicyclic) bond motifs is 2. The number of anilines is 1. The molecule has 2 aliphatic rings. The van der Waals surface area contributed by atoms with E-state index < -0.39 is 5.97 Å². The minimum absolute atomic E-state index is 0. The van der Waals surface area contributed by atoms with Crippen LogP contribution in [0.3, 0.4) is 0 Å². The minimum atomic E-state index is -0.790. The first-order valence-corrected chi connectivity index (χ1v) is 9.41. The molecular formula is C22H27ClN2O3. The first-order valence-electron chi connectivity index (χ1n) is 9.41. The van der Waals surface area contributed by atoms with E-state index in [0.29, 0.717) is 6.42 Å². The number of nitrogens with zero attached hydrogens (tertiary/aromatic N) is 2. The molecule has 0 saturated carbocycles. The highest BCUT2D eigenvalue weighted by molar-refractivity contribution is 5.90. The van der Waals surface area contributed by atoms with E-state index in [-0.39, 0.29) is 18.8 Å². The Morgan fingerprint density at radius 3 is 2.43 bits per heavy atom. The molecule has 0 amide bonds. The van der Waals surface area contributed by atoms with Crippen molar-refractivity contribution in [3.63, 3.8) is 0 Å². The molecule has 150 valence electrons.